The van der Waals surface area contributed by atoms with Crippen LogP contribution in [0.4, 0.5) is 0 Å². The van der Waals surface area contributed by atoms with Crippen LogP contribution in [0.3, 0.4) is 0 Å². The number of carboxylic acids is 1. The molecule has 4 heteroatoms. The van der Waals surface area contributed by atoms with Crippen LogP contribution < -0.4 is 0 Å². The van der Waals surface area contributed by atoms with Crippen molar-refractivity contribution in [1.82, 2.24) is 0 Å². The van der Waals surface area contributed by atoms with Gasteiger partial charge >= 0.3 is 5.97 Å². The van der Waals surface area contributed by atoms with E-state index >= 15 is 0 Å². The number of carboxylic acid groups (broad SMARTS) is 1. The van der Waals surface area contributed by atoms with Crippen LogP contribution in [0.1, 0.15) is 53.9 Å². The molecule has 0 amide bonds. The summed E-state index contributed by atoms with van der Waals surface area (Å²) in [4.78, 5) is 24.1. The van der Waals surface area contributed by atoms with Crippen LogP contribution in [-0.4, -0.2) is 27.6 Å². The van der Waals surface area contributed by atoms with Gasteiger partial charge in [0.15, 0.2) is 5.78 Å². The molecule has 2 fully saturated rings. The highest BCUT2D eigenvalue weighted by atomic mass is 16.4. The molecule has 2 rings (SSSR count). The Bertz CT molecular complexity index is 653. The van der Waals surface area contributed by atoms with Gasteiger partial charge in [-0.05, 0) is 58.3 Å². The quantitative estimate of drug-likeness (QED) is 0.448. The number of aliphatic carboxylic acids is 1. The van der Waals surface area contributed by atoms with Crippen molar-refractivity contribution in [1.29, 1.82) is 0 Å². The largest absolute Gasteiger partial charge is 0.478 e. The van der Waals surface area contributed by atoms with Gasteiger partial charge in [-0.25, -0.2) is 4.79 Å². The lowest BCUT2D eigenvalue weighted by Gasteiger charge is -2.51. The highest BCUT2D eigenvalue weighted by Gasteiger charge is 2.56. The van der Waals surface area contributed by atoms with Crippen molar-refractivity contribution in [3.8, 4) is 0 Å². The monoisotopic (exact) mass is 360 g/mol. The maximum atomic E-state index is 13.1. The van der Waals surface area contributed by atoms with Gasteiger partial charge in [0.2, 0.25) is 0 Å². The fourth-order valence-corrected chi connectivity index (χ4v) is 4.90. The molecular formula is C22H32O4. The lowest BCUT2D eigenvalue weighted by molar-refractivity contribution is -0.160. The summed E-state index contributed by atoms with van der Waals surface area (Å²) in [5.74, 6) is -0.636. The zero-order valence-electron chi connectivity index (χ0n) is 16.5. The van der Waals surface area contributed by atoms with E-state index in [4.69, 9.17) is 5.11 Å². The first-order chi connectivity index (χ1) is 12.1. The Morgan fingerprint density at radius 1 is 1.27 bits per heavy atom. The van der Waals surface area contributed by atoms with Crippen LogP contribution in [0.2, 0.25) is 0 Å². The van der Waals surface area contributed by atoms with Gasteiger partial charge in [0.05, 0.1) is 0 Å². The Labute approximate surface area is 156 Å². The molecule has 0 aromatic rings. The molecule has 0 unspecified atom stereocenters. The average molecular weight is 360 g/mol. The predicted molar refractivity (Wildman–Crippen MR) is 103 cm³/mol. The standard InChI is InChI=1S/C22H32O4/c1-6-14(3)19-17(9-7-8-15(4)21(24)25)16-11-10-13(2)12-18(16)20(23)22(19,5)26/h6-9,13,16-19,26H,10-12H2,1-5H3,(H,24,25)/b9-7+,14-6+,15-8+/t13-,16-,17-,18+,19-,22-/m0/s1. The van der Waals surface area contributed by atoms with E-state index in [0.29, 0.717) is 5.92 Å². The third kappa shape index (κ3) is 3.85. The molecule has 6 atom stereocenters. The minimum Gasteiger partial charge on any atom is -0.478 e. The number of hydrogen-bond donors (Lipinski definition) is 2. The number of allylic oxidation sites excluding steroid dienone is 4. The maximum absolute atomic E-state index is 13.1. The van der Waals surface area contributed by atoms with Crippen LogP contribution in [0.25, 0.3) is 0 Å². The molecule has 0 spiro atoms. The number of ketones is 1. The summed E-state index contributed by atoms with van der Waals surface area (Å²) in [6.07, 6.45) is 10.2. The second-order valence-corrected chi connectivity index (χ2v) is 8.33. The lowest BCUT2D eigenvalue weighted by Crippen LogP contribution is -2.58. The molecule has 0 aromatic heterocycles. The SMILES string of the molecule is C/C=C(\C)[C@H]1[C@@H](/C=C/C=C(\C)C(=O)O)[C@@H]2CC[C@H](C)C[C@H]2C(=O)[C@@]1(C)O. The molecule has 0 heterocycles. The average Bonchev–Trinajstić information content (AvgIpc) is 2.58. The smallest absolute Gasteiger partial charge is 0.331 e. The first kappa shape index (κ1) is 20.6. The number of carbonyl (C=O) groups is 2. The molecule has 2 aliphatic rings. The third-order valence-electron chi connectivity index (χ3n) is 6.45. The van der Waals surface area contributed by atoms with Crippen LogP contribution in [-0.2, 0) is 9.59 Å². The normalized spacial score (nSPS) is 39.2. The predicted octanol–water partition coefficient (Wildman–Crippen LogP) is 4.16. The molecule has 26 heavy (non-hydrogen) atoms. The minimum atomic E-state index is -1.39. The fraction of sp³-hybridized carbons (Fsp3) is 0.636. The molecular weight excluding hydrogens is 328 g/mol. The van der Waals surface area contributed by atoms with E-state index < -0.39 is 11.6 Å². The molecule has 2 saturated carbocycles. The Morgan fingerprint density at radius 3 is 2.50 bits per heavy atom. The summed E-state index contributed by atoms with van der Waals surface area (Å²) in [5.41, 5.74) is -0.114. The van der Waals surface area contributed by atoms with Crippen molar-refractivity contribution >= 4 is 11.8 Å². The van der Waals surface area contributed by atoms with E-state index in [1.165, 1.54) is 0 Å². The molecule has 0 saturated heterocycles. The third-order valence-corrected chi connectivity index (χ3v) is 6.45. The van der Waals surface area contributed by atoms with E-state index in [0.717, 1.165) is 24.8 Å². The molecule has 0 aromatic carbocycles. The van der Waals surface area contributed by atoms with E-state index in [1.54, 1.807) is 26.0 Å². The van der Waals surface area contributed by atoms with Crippen LogP contribution in [0.5, 0.6) is 0 Å². The van der Waals surface area contributed by atoms with E-state index in [9.17, 15) is 14.7 Å². The fourth-order valence-electron chi connectivity index (χ4n) is 4.90. The molecule has 2 aliphatic carbocycles. The van der Waals surface area contributed by atoms with Gasteiger partial charge in [-0.15, -0.1) is 0 Å². The number of fused-ring (bicyclic) bond motifs is 1. The number of Topliss-reactive ketones (excluding diaryl/α,β-unsaturated/α-hetero) is 1. The van der Waals surface area contributed by atoms with Crippen LogP contribution in [0.15, 0.2) is 35.5 Å². The maximum Gasteiger partial charge on any atom is 0.331 e. The summed E-state index contributed by atoms with van der Waals surface area (Å²) in [5, 5.41) is 20.2. The number of hydrogen-bond acceptors (Lipinski definition) is 3. The van der Waals surface area contributed by atoms with Crippen molar-refractivity contribution in [3.05, 3.63) is 35.5 Å². The van der Waals surface area contributed by atoms with Gasteiger partial charge in [0.25, 0.3) is 0 Å². The van der Waals surface area contributed by atoms with Gasteiger partial charge in [0.1, 0.15) is 5.60 Å². The molecule has 144 valence electrons. The first-order valence-electron chi connectivity index (χ1n) is 9.59. The summed E-state index contributed by atoms with van der Waals surface area (Å²) >= 11 is 0. The lowest BCUT2D eigenvalue weighted by atomic mass is 9.53. The second kappa shape index (κ2) is 7.91. The molecule has 0 bridgehead atoms. The topological polar surface area (TPSA) is 74.6 Å². The summed E-state index contributed by atoms with van der Waals surface area (Å²) < 4.78 is 0. The first-order valence-corrected chi connectivity index (χ1v) is 9.59. The molecule has 0 radical (unpaired) electrons. The van der Waals surface area contributed by atoms with Crippen molar-refractivity contribution < 1.29 is 19.8 Å². The second-order valence-electron chi connectivity index (χ2n) is 8.33. The Hall–Kier alpha value is -1.68. The molecule has 4 nitrogen and oxygen atoms in total. The van der Waals surface area contributed by atoms with Crippen molar-refractivity contribution in [2.45, 2.75) is 59.5 Å². The van der Waals surface area contributed by atoms with Gasteiger partial charge in [0, 0.05) is 17.4 Å². The molecule has 0 aliphatic heterocycles. The Kier molecular flexibility index (Phi) is 6.28. The summed E-state index contributed by atoms with van der Waals surface area (Å²) in [6.45, 7) is 9.29. The number of aliphatic hydroxyl groups is 1. The van der Waals surface area contributed by atoms with Crippen LogP contribution >= 0.6 is 0 Å². The van der Waals surface area contributed by atoms with Crippen molar-refractivity contribution in [2.24, 2.45) is 29.6 Å². The highest BCUT2D eigenvalue weighted by molar-refractivity contribution is 5.91. The van der Waals surface area contributed by atoms with E-state index in [2.05, 4.69) is 6.92 Å². The summed E-state index contributed by atoms with van der Waals surface area (Å²) in [6, 6.07) is 0. The van der Waals surface area contributed by atoms with Gasteiger partial charge < -0.3 is 10.2 Å². The highest BCUT2D eigenvalue weighted by Crippen LogP contribution is 2.52. The molecule has 2 N–H and O–H groups in total. The van der Waals surface area contributed by atoms with Crippen molar-refractivity contribution in [3.63, 3.8) is 0 Å². The van der Waals surface area contributed by atoms with E-state index in [1.807, 2.05) is 26.0 Å². The summed E-state index contributed by atoms with van der Waals surface area (Å²) in [7, 11) is 0. The zero-order chi connectivity index (χ0) is 19.6. The van der Waals surface area contributed by atoms with Gasteiger partial charge in [-0.1, -0.05) is 43.2 Å². The van der Waals surface area contributed by atoms with Crippen LogP contribution in [0, 0.1) is 29.6 Å². The van der Waals surface area contributed by atoms with Crippen molar-refractivity contribution in [2.75, 3.05) is 0 Å². The zero-order valence-corrected chi connectivity index (χ0v) is 16.5. The van der Waals surface area contributed by atoms with Gasteiger partial charge in [-0.3, -0.25) is 4.79 Å². The van der Waals surface area contributed by atoms with E-state index in [-0.39, 0.29) is 35.0 Å². The van der Waals surface area contributed by atoms with Gasteiger partial charge in [-0.2, -0.15) is 0 Å². The minimum absolute atomic E-state index is 0.0224. The Morgan fingerprint density at radius 2 is 1.92 bits per heavy atom. The Balaban J connectivity index is 2.46. The number of carbonyl (C=O) groups excluding carboxylic acids is 1. The number of rotatable bonds is 4.